The van der Waals surface area contributed by atoms with E-state index < -0.39 is 6.23 Å². The minimum Gasteiger partial charge on any atom is -0.376 e. The first-order valence-corrected chi connectivity index (χ1v) is 9.30. The molecule has 7 heteroatoms. The number of hydrogen-bond acceptors (Lipinski definition) is 5. The number of halogens is 2. The number of aliphatic hydroxyl groups is 1. The van der Waals surface area contributed by atoms with Crippen LogP contribution in [0, 0.1) is 5.82 Å². The van der Waals surface area contributed by atoms with Gasteiger partial charge in [0.2, 0.25) is 5.95 Å². The van der Waals surface area contributed by atoms with Gasteiger partial charge < -0.3 is 10.0 Å². The van der Waals surface area contributed by atoms with Gasteiger partial charge in [-0.25, -0.2) is 14.4 Å². The van der Waals surface area contributed by atoms with Crippen molar-refractivity contribution in [2.45, 2.75) is 25.5 Å². The van der Waals surface area contributed by atoms with E-state index in [0.717, 1.165) is 48.9 Å². The van der Waals surface area contributed by atoms with Crippen LogP contribution in [0.4, 0.5) is 10.3 Å². The molecule has 1 atom stereocenters. The first-order valence-electron chi connectivity index (χ1n) is 8.51. The van der Waals surface area contributed by atoms with Crippen molar-refractivity contribution in [3.8, 4) is 0 Å². The lowest BCUT2D eigenvalue weighted by Gasteiger charge is -2.38. The standard InChI is InChI=1S/C18H22BrFN4O/c19-15-11-21-18(22-12-15)24-10-9-23(17(25)13-24)8-2-1-3-14-4-6-16(20)7-5-14/h4-7,11-12,17,25H,1-3,8-10,13H2. The van der Waals surface area contributed by atoms with Crippen molar-refractivity contribution in [1.29, 1.82) is 0 Å². The van der Waals surface area contributed by atoms with E-state index in [0.29, 0.717) is 12.5 Å². The molecule has 1 aromatic carbocycles. The van der Waals surface area contributed by atoms with Gasteiger partial charge in [-0.1, -0.05) is 12.1 Å². The van der Waals surface area contributed by atoms with Crippen molar-refractivity contribution in [1.82, 2.24) is 14.9 Å². The van der Waals surface area contributed by atoms with Gasteiger partial charge in [0, 0.05) is 32.0 Å². The average molecular weight is 409 g/mol. The largest absolute Gasteiger partial charge is 0.376 e. The number of aromatic nitrogens is 2. The maximum atomic E-state index is 12.9. The molecule has 2 heterocycles. The Labute approximate surface area is 155 Å². The van der Waals surface area contributed by atoms with Crippen LogP contribution in [0.2, 0.25) is 0 Å². The third-order valence-electron chi connectivity index (χ3n) is 4.43. The third-order valence-corrected chi connectivity index (χ3v) is 4.84. The van der Waals surface area contributed by atoms with Gasteiger partial charge in [-0.15, -0.1) is 0 Å². The number of piperazine rings is 1. The fourth-order valence-electron chi connectivity index (χ4n) is 3.01. The van der Waals surface area contributed by atoms with E-state index in [-0.39, 0.29) is 5.82 Å². The van der Waals surface area contributed by atoms with Gasteiger partial charge in [0.05, 0.1) is 11.0 Å². The fourth-order valence-corrected chi connectivity index (χ4v) is 3.21. The molecule has 1 aromatic heterocycles. The summed E-state index contributed by atoms with van der Waals surface area (Å²) in [6.45, 7) is 2.96. The Morgan fingerprint density at radius 2 is 1.84 bits per heavy atom. The summed E-state index contributed by atoms with van der Waals surface area (Å²) in [7, 11) is 0. The van der Waals surface area contributed by atoms with Gasteiger partial charge in [0.15, 0.2) is 0 Å². The molecule has 1 aliphatic rings. The molecule has 2 aromatic rings. The van der Waals surface area contributed by atoms with Crippen molar-refractivity contribution in [2.24, 2.45) is 0 Å². The average Bonchev–Trinajstić information content (AvgIpc) is 2.62. The second-order valence-electron chi connectivity index (χ2n) is 6.25. The number of hydrogen-bond donors (Lipinski definition) is 1. The van der Waals surface area contributed by atoms with Crippen molar-refractivity contribution in [2.75, 3.05) is 31.1 Å². The van der Waals surface area contributed by atoms with Gasteiger partial charge in [-0.3, -0.25) is 4.90 Å². The van der Waals surface area contributed by atoms with Crippen LogP contribution in [-0.4, -0.2) is 52.4 Å². The fraction of sp³-hybridized carbons (Fsp3) is 0.444. The highest BCUT2D eigenvalue weighted by Crippen LogP contribution is 2.16. The smallest absolute Gasteiger partial charge is 0.225 e. The van der Waals surface area contributed by atoms with Gasteiger partial charge in [-0.05, 0) is 52.9 Å². The SMILES string of the molecule is OC1CN(c2ncc(Br)cn2)CCN1CCCCc1ccc(F)cc1. The second-order valence-corrected chi connectivity index (χ2v) is 7.16. The van der Waals surface area contributed by atoms with E-state index in [1.165, 1.54) is 12.1 Å². The summed E-state index contributed by atoms with van der Waals surface area (Å²) >= 11 is 3.33. The molecule has 0 bridgehead atoms. The molecular formula is C18H22BrFN4O. The molecule has 1 N–H and O–H groups in total. The Hall–Kier alpha value is -1.57. The molecular weight excluding hydrogens is 387 g/mol. The lowest BCUT2D eigenvalue weighted by Crippen LogP contribution is -2.53. The molecule has 5 nitrogen and oxygen atoms in total. The van der Waals surface area contributed by atoms with Crippen LogP contribution in [0.25, 0.3) is 0 Å². The second kappa shape index (κ2) is 8.69. The summed E-state index contributed by atoms with van der Waals surface area (Å²) < 4.78 is 13.7. The quantitative estimate of drug-likeness (QED) is 0.744. The minimum absolute atomic E-state index is 0.195. The zero-order chi connectivity index (χ0) is 17.6. The van der Waals surface area contributed by atoms with Crippen molar-refractivity contribution >= 4 is 21.9 Å². The predicted molar refractivity (Wildman–Crippen MR) is 98.9 cm³/mol. The van der Waals surface area contributed by atoms with Crippen LogP contribution in [0.1, 0.15) is 18.4 Å². The molecule has 1 aliphatic heterocycles. The third kappa shape index (κ3) is 5.20. The van der Waals surface area contributed by atoms with Crippen molar-refractivity contribution in [3.63, 3.8) is 0 Å². The van der Waals surface area contributed by atoms with Crippen LogP contribution in [0.15, 0.2) is 41.1 Å². The summed E-state index contributed by atoms with van der Waals surface area (Å²) in [5, 5.41) is 10.4. The number of benzene rings is 1. The summed E-state index contributed by atoms with van der Waals surface area (Å²) in [6, 6.07) is 6.67. The number of aliphatic hydroxyl groups excluding tert-OH is 1. The number of β-amino-alcohol motifs (C(OH)–C–C–N with tert-alkyl or cyclic N) is 1. The van der Waals surface area contributed by atoms with Crippen LogP contribution < -0.4 is 4.90 Å². The number of rotatable bonds is 6. The summed E-state index contributed by atoms with van der Waals surface area (Å²) in [5.41, 5.74) is 1.15. The maximum absolute atomic E-state index is 12.9. The van der Waals surface area contributed by atoms with E-state index in [2.05, 4.69) is 30.8 Å². The summed E-state index contributed by atoms with van der Waals surface area (Å²) in [6.07, 6.45) is 5.89. The normalized spacial score (nSPS) is 18.5. The molecule has 0 amide bonds. The Balaban J connectivity index is 1.41. The molecule has 0 saturated carbocycles. The van der Waals surface area contributed by atoms with Crippen LogP contribution in [0.3, 0.4) is 0 Å². The molecule has 25 heavy (non-hydrogen) atoms. The summed E-state index contributed by atoms with van der Waals surface area (Å²) in [5.74, 6) is 0.456. The number of nitrogens with zero attached hydrogens (tertiary/aromatic N) is 4. The van der Waals surface area contributed by atoms with Gasteiger partial charge >= 0.3 is 0 Å². The number of anilines is 1. The van der Waals surface area contributed by atoms with Crippen molar-refractivity contribution < 1.29 is 9.50 Å². The number of unbranched alkanes of at least 4 members (excludes halogenated alkanes) is 1. The molecule has 1 saturated heterocycles. The zero-order valence-electron chi connectivity index (χ0n) is 14.0. The van der Waals surface area contributed by atoms with Gasteiger partial charge in [0.25, 0.3) is 0 Å². The molecule has 3 rings (SSSR count). The van der Waals surface area contributed by atoms with E-state index in [1.807, 2.05) is 17.0 Å². The van der Waals surface area contributed by atoms with E-state index >= 15 is 0 Å². The molecule has 0 radical (unpaired) electrons. The van der Waals surface area contributed by atoms with Gasteiger partial charge in [0.1, 0.15) is 12.0 Å². The van der Waals surface area contributed by atoms with Crippen LogP contribution in [0.5, 0.6) is 0 Å². The lowest BCUT2D eigenvalue weighted by atomic mass is 10.1. The predicted octanol–water partition coefficient (Wildman–Crippen LogP) is 2.84. The Kier molecular flexibility index (Phi) is 6.34. The van der Waals surface area contributed by atoms with Gasteiger partial charge in [-0.2, -0.15) is 0 Å². The minimum atomic E-state index is -0.508. The molecule has 0 aliphatic carbocycles. The van der Waals surface area contributed by atoms with E-state index in [4.69, 9.17) is 0 Å². The van der Waals surface area contributed by atoms with E-state index in [9.17, 15) is 9.50 Å². The number of aryl methyl sites for hydroxylation is 1. The Morgan fingerprint density at radius 3 is 2.52 bits per heavy atom. The highest BCUT2D eigenvalue weighted by molar-refractivity contribution is 9.10. The van der Waals surface area contributed by atoms with Crippen molar-refractivity contribution in [3.05, 3.63) is 52.5 Å². The molecule has 1 unspecified atom stereocenters. The first kappa shape index (κ1) is 18.2. The van der Waals surface area contributed by atoms with Crippen LogP contribution >= 0.6 is 15.9 Å². The highest BCUT2D eigenvalue weighted by atomic mass is 79.9. The lowest BCUT2D eigenvalue weighted by molar-refractivity contribution is -0.00460. The summed E-state index contributed by atoms with van der Waals surface area (Å²) in [4.78, 5) is 12.7. The topological polar surface area (TPSA) is 52.5 Å². The van der Waals surface area contributed by atoms with E-state index in [1.54, 1.807) is 12.4 Å². The first-order chi connectivity index (χ1) is 12.1. The Morgan fingerprint density at radius 1 is 1.12 bits per heavy atom. The molecule has 134 valence electrons. The molecule has 1 fully saturated rings. The highest BCUT2D eigenvalue weighted by Gasteiger charge is 2.26. The Bertz CT molecular complexity index is 668. The monoisotopic (exact) mass is 408 g/mol. The zero-order valence-corrected chi connectivity index (χ0v) is 15.6. The maximum Gasteiger partial charge on any atom is 0.225 e. The molecule has 0 spiro atoms. The van der Waals surface area contributed by atoms with Crippen LogP contribution in [-0.2, 0) is 6.42 Å².